The number of thiophene rings is 1. The first-order valence-corrected chi connectivity index (χ1v) is 14.2. The van der Waals surface area contributed by atoms with Crippen molar-refractivity contribution < 1.29 is 19.1 Å². The third-order valence-electron chi connectivity index (χ3n) is 6.44. The first kappa shape index (κ1) is 25.8. The number of ether oxygens (including phenoxy) is 1. The molecule has 0 spiro atoms. The van der Waals surface area contributed by atoms with Crippen LogP contribution in [0, 0.1) is 11.3 Å². The number of fused-ring (bicyclic) bond motifs is 1. The SMILES string of the molecule is N#CCCC1=C(C(=O)OC(c2ccccc2)c2ccccc2)N2C(=O)[C@@H](NC(=O)Cc3cccs3)[C@H]2SC1. The quantitative estimate of drug-likeness (QED) is 0.313. The fourth-order valence-electron chi connectivity index (χ4n) is 4.61. The minimum absolute atomic E-state index is 0.189. The Bertz CT molecular complexity index is 1340. The summed E-state index contributed by atoms with van der Waals surface area (Å²) >= 11 is 2.97. The van der Waals surface area contributed by atoms with Gasteiger partial charge in [0.2, 0.25) is 5.91 Å². The number of hydrogen-bond donors (Lipinski definition) is 1. The van der Waals surface area contributed by atoms with Gasteiger partial charge in [-0.05, 0) is 34.6 Å². The van der Waals surface area contributed by atoms with Crippen LogP contribution < -0.4 is 5.32 Å². The van der Waals surface area contributed by atoms with Gasteiger partial charge in [0.05, 0.1) is 12.5 Å². The predicted molar refractivity (Wildman–Crippen MR) is 146 cm³/mol. The number of carbonyl (C=O) groups excluding carboxylic acids is 3. The lowest BCUT2D eigenvalue weighted by molar-refractivity contribution is -0.154. The number of nitrogens with zero attached hydrogens (tertiary/aromatic N) is 2. The number of thioether (sulfide) groups is 1. The molecular formula is C29H25N3O4S2. The monoisotopic (exact) mass is 543 g/mol. The third-order valence-corrected chi connectivity index (χ3v) is 8.66. The van der Waals surface area contributed by atoms with E-state index in [0.717, 1.165) is 16.0 Å². The fourth-order valence-corrected chi connectivity index (χ4v) is 6.70. The summed E-state index contributed by atoms with van der Waals surface area (Å²) in [4.78, 5) is 42.0. The average molecular weight is 544 g/mol. The van der Waals surface area contributed by atoms with E-state index in [1.807, 2.05) is 78.2 Å². The van der Waals surface area contributed by atoms with Gasteiger partial charge in [0.25, 0.3) is 5.91 Å². The molecule has 2 atom stereocenters. The zero-order chi connectivity index (χ0) is 26.5. The molecule has 2 aliphatic rings. The second-order valence-electron chi connectivity index (χ2n) is 8.93. The van der Waals surface area contributed by atoms with Crippen LogP contribution in [0.3, 0.4) is 0 Å². The number of hydrogen-bond acceptors (Lipinski definition) is 7. The number of β-lactam (4-membered cyclic amide) rings is 1. The van der Waals surface area contributed by atoms with E-state index in [1.165, 1.54) is 28.0 Å². The van der Waals surface area contributed by atoms with E-state index in [1.54, 1.807) is 0 Å². The van der Waals surface area contributed by atoms with Gasteiger partial charge in [-0.1, -0.05) is 66.7 Å². The lowest BCUT2D eigenvalue weighted by atomic mass is 9.99. The van der Waals surface area contributed by atoms with Crippen molar-refractivity contribution >= 4 is 40.9 Å². The summed E-state index contributed by atoms with van der Waals surface area (Å²) < 4.78 is 6.09. The van der Waals surface area contributed by atoms with Crippen molar-refractivity contribution in [1.82, 2.24) is 10.2 Å². The van der Waals surface area contributed by atoms with Gasteiger partial charge in [0, 0.05) is 17.1 Å². The smallest absolute Gasteiger partial charge is 0.356 e. The van der Waals surface area contributed by atoms with Crippen molar-refractivity contribution in [1.29, 1.82) is 5.26 Å². The van der Waals surface area contributed by atoms with Crippen LogP contribution >= 0.6 is 23.1 Å². The number of carbonyl (C=O) groups is 3. The molecule has 2 aromatic carbocycles. The highest BCUT2D eigenvalue weighted by molar-refractivity contribution is 8.00. The first-order chi connectivity index (χ1) is 18.6. The third kappa shape index (κ3) is 5.37. The minimum atomic E-state index is -0.716. The van der Waals surface area contributed by atoms with Gasteiger partial charge in [-0.15, -0.1) is 23.1 Å². The molecule has 0 aliphatic carbocycles. The number of rotatable bonds is 9. The van der Waals surface area contributed by atoms with Crippen LogP contribution in [0.25, 0.3) is 0 Å². The molecule has 1 N–H and O–H groups in total. The van der Waals surface area contributed by atoms with Crippen LogP contribution in [0.1, 0.15) is 34.9 Å². The average Bonchev–Trinajstić information content (AvgIpc) is 3.46. The molecule has 3 heterocycles. The Morgan fingerprint density at radius 2 is 1.74 bits per heavy atom. The summed E-state index contributed by atoms with van der Waals surface area (Å²) in [6.45, 7) is 0. The standard InChI is InChI=1S/C29H25N3O4S2/c30-15-7-13-21-18-38-28-24(31-23(33)17-22-14-8-16-37-22)27(34)32(28)25(21)29(35)36-26(19-9-3-1-4-10-19)20-11-5-2-6-12-20/h1-6,8-12,14,16,24,26,28H,7,13,17-18H2,(H,31,33)/t24-,28-/m1/s1. The molecule has 7 nitrogen and oxygen atoms in total. The van der Waals surface area contributed by atoms with Gasteiger partial charge in [-0.25, -0.2) is 4.79 Å². The van der Waals surface area contributed by atoms with Gasteiger partial charge in [0.15, 0.2) is 6.10 Å². The maximum absolute atomic E-state index is 13.8. The number of amides is 2. The van der Waals surface area contributed by atoms with Gasteiger partial charge < -0.3 is 10.1 Å². The van der Waals surface area contributed by atoms with E-state index >= 15 is 0 Å². The minimum Gasteiger partial charge on any atom is -0.448 e. The maximum atomic E-state index is 13.8. The molecule has 9 heteroatoms. The van der Waals surface area contributed by atoms with Crippen LogP contribution in [0.4, 0.5) is 0 Å². The number of esters is 1. The fraction of sp³-hybridized carbons (Fsp3) is 0.241. The molecule has 192 valence electrons. The van der Waals surface area contributed by atoms with E-state index in [9.17, 15) is 19.6 Å². The normalized spacial score (nSPS) is 18.4. The molecule has 1 aromatic heterocycles. The van der Waals surface area contributed by atoms with Gasteiger partial charge in [-0.3, -0.25) is 14.5 Å². The molecule has 38 heavy (non-hydrogen) atoms. The molecule has 0 saturated carbocycles. The van der Waals surface area contributed by atoms with Crippen molar-refractivity contribution in [3.8, 4) is 6.07 Å². The number of benzene rings is 2. The second-order valence-corrected chi connectivity index (χ2v) is 11.1. The Morgan fingerprint density at radius 1 is 1.05 bits per heavy atom. The highest BCUT2D eigenvalue weighted by atomic mass is 32.2. The van der Waals surface area contributed by atoms with Crippen LogP contribution in [0.15, 0.2) is 89.4 Å². The molecule has 0 unspecified atom stereocenters. The van der Waals surface area contributed by atoms with Gasteiger partial charge in [0.1, 0.15) is 17.1 Å². The zero-order valence-electron chi connectivity index (χ0n) is 20.4. The van der Waals surface area contributed by atoms with Crippen molar-refractivity contribution in [3.05, 3.63) is 105 Å². The van der Waals surface area contributed by atoms with Crippen molar-refractivity contribution in [2.75, 3.05) is 5.75 Å². The van der Waals surface area contributed by atoms with Crippen molar-refractivity contribution in [3.63, 3.8) is 0 Å². The van der Waals surface area contributed by atoms with E-state index in [-0.39, 0.29) is 30.4 Å². The summed E-state index contributed by atoms with van der Waals surface area (Å²) in [5.74, 6) is -0.724. The van der Waals surface area contributed by atoms with E-state index in [4.69, 9.17) is 4.74 Å². The van der Waals surface area contributed by atoms with Crippen LogP contribution in [0.2, 0.25) is 0 Å². The summed E-state index contributed by atoms with van der Waals surface area (Å²) in [7, 11) is 0. The molecular weight excluding hydrogens is 518 g/mol. The van der Waals surface area contributed by atoms with E-state index < -0.39 is 23.5 Å². The van der Waals surface area contributed by atoms with Crippen LogP contribution in [-0.2, 0) is 25.5 Å². The lowest BCUT2D eigenvalue weighted by Crippen LogP contribution is -2.70. The first-order valence-electron chi connectivity index (χ1n) is 12.2. The Kier molecular flexibility index (Phi) is 7.91. The lowest BCUT2D eigenvalue weighted by Gasteiger charge is -2.50. The highest BCUT2D eigenvalue weighted by Gasteiger charge is 2.54. The van der Waals surface area contributed by atoms with Crippen LogP contribution in [0.5, 0.6) is 0 Å². The second kappa shape index (κ2) is 11.7. The Labute approximate surface area is 229 Å². The summed E-state index contributed by atoms with van der Waals surface area (Å²) in [6.07, 6.45) is 0.120. The predicted octanol–water partition coefficient (Wildman–Crippen LogP) is 4.58. The molecule has 1 fully saturated rings. The zero-order valence-corrected chi connectivity index (χ0v) is 22.0. The maximum Gasteiger partial charge on any atom is 0.356 e. The molecule has 0 radical (unpaired) electrons. The largest absolute Gasteiger partial charge is 0.448 e. The molecule has 3 aromatic rings. The summed E-state index contributed by atoms with van der Waals surface area (Å²) in [6, 6.07) is 24.0. The number of nitriles is 1. The Balaban J connectivity index is 1.39. The van der Waals surface area contributed by atoms with Crippen molar-refractivity contribution in [2.45, 2.75) is 36.8 Å². The van der Waals surface area contributed by atoms with Gasteiger partial charge >= 0.3 is 5.97 Å². The molecule has 1 saturated heterocycles. The molecule has 5 rings (SSSR count). The summed E-state index contributed by atoms with van der Waals surface area (Å²) in [5, 5.41) is 13.5. The summed E-state index contributed by atoms with van der Waals surface area (Å²) in [5.41, 5.74) is 2.51. The Morgan fingerprint density at radius 3 is 2.34 bits per heavy atom. The van der Waals surface area contributed by atoms with Crippen molar-refractivity contribution in [2.24, 2.45) is 0 Å². The topological polar surface area (TPSA) is 99.5 Å². The van der Waals surface area contributed by atoms with E-state index in [2.05, 4.69) is 11.4 Å². The molecule has 2 amide bonds. The number of nitrogens with one attached hydrogen (secondary N) is 1. The van der Waals surface area contributed by atoms with Crippen LogP contribution in [-0.4, -0.2) is 39.9 Å². The highest BCUT2D eigenvalue weighted by Crippen LogP contribution is 2.42. The Hall–Kier alpha value is -3.87. The van der Waals surface area contributed by atoms with Gasteiger partial charge in [-0.2, -0.15) is 5.26 Å². The van der Waals surface area contributed by atoms with E-state index in [0.29, 0.717) is 17.7 Å². The molecule has 2 aliphatic heterocycles. The molecule has 0 bridgehead atoms.